The Hall–Kier alpha value is -3.78. The molecule has 6 heterocycles. The van der Waals surface area contributed by atoms with Gasteiger partial charge in [0.15, 0.2) is 11.4 Å². The molecule has 0 radical (unpaired) electrons. The van der Waals surface area contributed by atoms with Crippen molar-refractivity contribution in [2.45, 2.75) is 86.2 Å². The maximum atomic E-state index is 15.2. The number of methoxy groups -OCH3 is 2. The molecular formula is C43H55N5O7. The first-order valence-corrected chi connectivity index (χ1v) is 19.9. The van der Waals surface area contributed by atoms with Gasteiger partial charge in [0.2, 0.25) is 0 Å². The van der Waals surface area contributed by atoms with Gasteiger partial charge in [-0.05, 0) is 74.8 Å². The third-order valence-electron chi connectivity index (χ3n) is 14.9. The summed E-state index contributed by atoms with van der Waals surface area (Å²) in [5.74, 6) is -0.632. The Kier molecular flexibility index (Phi) is 8.28. The maximum Gasteiger partial charge on any atom is 0.322 e. The van der Waals surface area contributed by atoms with Gasteiger partial charge in [-0.3, -0.25) is 19.4 Å². The quantitative estimate of drug-likeness (QED) is 0.186. The summed E-state index contributed by atoms with van der Waals surface area (Å²) in [6.45, 7) is 6.84. The van der Waals surface area contributed by atoms with Crippen LogP contribution in [0.1, 0.15) is 61.9 Å². The van der Waals surface area contributed by atoms with Crippen LogP contribution in [0, 0.1) is 11.3 Å². The first-order chi connectivity index (χ1) is 26.3. The monoisotopic (exact) mass is 753 g/mol. The Balaban J connectivity index is 1.37. The van der Waals surface area contributed by atoms with Crippen LogP contribution in [0.4, 0.5) is 5.69 Å². The van der Waals surface area contributed by atoms with E-state index in [1.165, 1.54) is 7.11 Å². The lowest BCUT2D eigenvalue weighted by molar-refractivity contribution is -0.200. The highest BCUT2D eigenvalue weighted by Gasteiger charge is 2.78. The van der Waals surface area contributed by atoms with Gasteiger partial charge in [-0.25, -0.2) is 0 Å². The Morgan fingerprint density at radius 3 is 2.58 bits per heavy atom. The van der Waals surface area contributed by atoms with E-state index in [1.54, 1.807) is 7.11 Å². The van der Waals surface area contributed by atoms with Gasteiger partial charge >= 0.3 is 5.97 Å². The molecule has 10 atom stereocenters. The number of esters is 1. The van der Waals surface area contributed by atoms with Gasteiger partial charge < -0.3 is 40.4 Å². The van der Waals surface area contributed by atoms with Crippen molar-refractivity contribution in [2.75, 3.05) is 65.4 Å². The third-order valence-corrected chi connectivity index (χ3v) is 14.9. The van der Waals surface area contributed by atoms with E-state index >= 15 is 4.79 Å². The summed E-state index contributed by atoms with van der Waals surface area (Å²) in [6.07, 6.45) is 5.29. The number of fused-ring (bicyclic) bond motifs is 6. The average molecular weight is 754 g/mol. The van der Waals surface area contributed by atoms with E-state index in [2.05, 4.69) is 33.0 Å². The Bertz CT molecular complexity index is 2120. The molecule has 0 amide bonds. The van der Waals surface area contributed by atoms with Gasteiger partial charge in [0.25, 0.3) is 0 Å². The SMILES string of the molecule is CC[C@]12C=CCN3CCC4(c5cc([C@@]6(C(=O)OC)CC7CN(CCc8c6[nH]c6ccccc86)C[C@@](C)(O)C7)c(OC)cc5N(C)C4[C@@](O)(C(=O)CN)[C@@H]1O)C32. The van der Waals surface area contributed by atoms with Crippen molar-refractivity contribution in [3.05, 3.63) is 70.9 Å². The molecule has 1 aliphatic carbocycles. The van der Waals surface area contributed by atoms with E-state index < -0.39 is 57.9 Å². The van der Waals surface area contributed by atoms with Crippen LogP contribution < -0.4 is 15.4 Å². The number of carbonyl (C=O) groups excluding carboxylic acids is 2. The number of aliphatic hydroxyl groups excluding tert-OH is 1. The number of carbonyl (C=O) groups is 2. The molecule has 294 valence electrons. The minimum Gasteiger partial charge on any atom is -0.496 e. The number of hydrogen-bond acceptors (Lipinski definition) is 11. The first-order valence-electron chi connectivity index (χ1n) is 19.9. The Labute approximate surface area is 322 Å². The zero-order valence-corrected chi connectivity index (χ0v) is 32.6. The topological polar surface area (TPSA) is 165 Å². The van der Waals surface area contributed by atoms with Crippen molar-refractivity contribution in [1.29, 1.82) is 0 Å². The fourth-order valence-electron chi connectivity index (χ4n) is 13.1. The molecule has 2 saturated heterocycles. The van der Waals surface area contributed by atoms with E-state index in [1.807, 2.05) is 56.1 Å². The zero-order valence-electron chi connectivity index (χ0n) is 32.6. The number of rotatable bonds is 6. The molecule has 6 N–H and O–H groups in total. The second-order valence-electron chi connectivity index (χ2n) is 17.7. The summed E-state index contributed by atoms with van der Waals surface area (Å²) in [7, 11) is 4.92. The number of nitrogens with two attached hydrogens (primary N) is 1. The van der Waals surface area contributed by atoms with E-state index in [-0.39, 0.29) is 12.0 Å². The van der Waals surface area contributed by atoms with Crippen LogP contribution in [-0.2, 0) is 31.6 Å². The highest BCUT2D eigenvalue weighted by Crippen LogP contribution is 2.67. The number of hydrogen-bond donors (Lipinski definition) is 5. The van der Waals surface area contributed by atoms with Crippen molar-refractivity contribution < 1.29 is 34.4 Å². The predicted octanol–water partition coefficient (Wildman–Crippen LogP) is 2.38. The van der Waals surface area contributed by atoms with Crippen molar-refractivity contribution in [2.24, 2.45) is 17.1 Å². The molecule has 55 heavy (non-hydrogen) atoms. The number of aromatic nitrogens is 1. The minimum absolute atomic E-state index is 0.0814. The zero-order chi connectivity index (χ0) is 38.9. The second kappa shape index (κ2) is 12.4. The summed E-state index contributed by atoms with van der Waals surface area (Å²) >= 11 is 0. The Morgan fingerprint density at radius 1 is 1.07 bits per heavy atom. The second-order valence-corrected chi connectivity index (χ2v) is 17.7. The highest BCUT2D eigenvalue weighted by atomic mass is 16.5. The van der Waals surface area contributed by atoms with Crippen molar-refractivity contribution >= 4 is 28.3 Å². The lowest BCUT2D eigenvalue weighted by Gasteiger charge is -2.63. The molecule has 6 aliphatic rings. The van der Waals surface area contributed by atoms with Gasteiger partial charge in [0.1, 0.15) is 17.3 Å². The van der Waals surface area contributed by atoms with Crippen LogP contribution >= 0.6 is 0 Å². The van der Waals surface area contributed by atoms with E-state index in [9.17, 15) is 20.1 Å². The number of para-hydroxylation sites is 1. The number of benzene rings is 2. The number of piperidine rings is 1. The van der Waals surface area contributed by atoms with E-state index in [4.69, 9.17) is 15.2 Å². The summed E-state index contributed by atoms with van der Waals surface area (Å²) in [5, 5.41) is 38.0. The van der Waals surface area contributed by atoms with Gasteiger partial charge in [-0.1, -0.05) is 37.3 Å². The Morgan fingerprint density at radius 2 is 1.85 bits per heavy atom. The number of Topliss-reactive ketones (excluding diaryl/α,β-unsaturated/α-hetero) is 1. The number of nitrogens with one attached hydrogen (secondary N) is 1. The number of likely N-dealkylation sites (N-methyl/N-ethyl adjacent to an activating group) is 1. The average Bonchev–Trinajstić information content (AvgIpc) is 3.84. The third kappa shape index (κ3) is 4.61. The van der Waals surface area contributed by atoms with Crippen LogP contribution in [0.25, 0.3) is 10.9 Å². The smallest absolute Gasteiger partial charge is 0.322 e. The van der Waals surface area contributed by atoms with Crippen LogP contribution in [0.5, 0.6) is 5.75 Å². The molecule has 9 rings (SSSR count). The molecule has 1 saturated carbocycles. The number of H-pyrrole nitrogens is 1. The largest absolute Gasteiger partial charge is 0.496 e. The van der Waals surface area contributed by atoms with Crippen LogP contribution in [0.15, 0.2) is 48.6 Å². The molecule has 1 aromatic heterocycles. The van der Waals surface area contributed by atoms with Crippen molar-refractivity contribution in [3.63, 3.8) is 0 Å². The fraction of sp³-hybridized carbons (Fsp3) is 0.581. The molecule has 1 spiro atoms. The summed E-state index contributed by atoms with van der Waals surface area (Å²) in [6, 6.07) is 11.1. The van der Waals surface area contributed by atoms with Crippen molar-refractivity contribution in [3.8, 4) is 5.75 Å². The minimum atomic E-state index is -2.19. The first kappa shape index (κ1) is 36.8. The fourth-order valence-corrected chi connectivity index (χ4v) is 13.1. The van der Waals surface area contributed by atoms with Gasteiger partial charge in [-0.15, -0.1) is 0 Å². The van der Waals surface area contributed by atoms with E-state index in [0.717, 1.165) is 40.0 Å². The highest BCUT2D eigenvalue weighted by molar-refractivity contribution is 5.96. The molecule has 12 nitrogen and oxygen atoms in total. The molecule has 5 unspecified atom stereocenters. The predicted molar refractivity (Wildman–Crippen MR) is 208 cm³/mol. The van der Waals surface area contributed by atoms with Crippen LogP contribution in [0.2, 0.25) is 0 Å². The number of ketones is 1. The molecule has 5 aliphatic heterocycles. The van der Waals surface area contributed by atoms with Gasteiger partial charge in [-0.2, -0.15) is 0 Å². The normalized spacial score (nSPS) is 39.0. The molecule has 3 aromatic rings. The molecule has 3 fully saturated rings. The van der Waals surface area contributed by atoms with Gasteiger partial charge in [0.05, 0.1) is 32.4 Å². The molecule has 2 aromatic carbocycles. The lowest BCUT2D eigenvalue weighted by atomic mass is 9.47. The number of nitrogens with zero attached hydrogens (tertiary/aromatic N) is 3. The number of aromatic amines is 1. The maximum absolute atomic E-state index is 15.2. The number of aliphatic hydroxyl groups is 3. The summed E-state index contributed by atoms with van der Waals surface area (Å²) in [5.41, 5.74) is 4.79. The number of anilines is 1. The van der Waals surface area contributed by atoms with Crippen LogP contribution in [-0.4, -0.2) is 132 Å². The standard InChI is InChI=1S/C43H55N5O7/c1-6-40-13-9-15-48-17-14-41(35(40)48)28-18-29(32(54-4)19-31(28)46(3)36(41)43(53,37(40)50)33(49)22-44)42(38(51)55-5)21-25-20-39(2,52)24-47(23-25)16-12-27-26-10-7-8-11-30(26)45-34(27)42/h7-11,13,18-19,25,35-37,45,50,52-53H,6,12,14-17,20-24,44H2,1-5H3/t25?,35?,36?,37-,39+,40-,41?,42+,43+/m1/s1. The molecular weight excluding hydrogens is 699 g/mol. The number of ether oxygens (including phenoxy) is 2. The van der Waals surface area contributed by atoms with Crippen LogP contribution in [0.3, 0.4) is 0 Å². The van der Waals surface area contributed by atoms with Gasteiger partial charge in [0, 0.05) is 84.0 Å². The molecule has 12 heteroatoms. The summed E-state index contributed by atoms with van der Waals surface area (Å²) in [4.78, 5) is 39.7. The lowest BCUT2D eigenvalue weighted by Crippen LogP contribution is -2.81. The summed E-state index contributed by atoms with van der Waals surface area (Å²) < 4.78 is 12.2. The van der Waals surface area contributed by atoms with Crippen molar-refractivity contribution in [1.82, 2.24) is 14.8 Å². The van der Waals surface area contributed by atoms with E-state index in [0.29, 0.717) is 69.6 Å². The molecule has 2 bridgehead atoms.